The molecule has 2 aromatic rings. The Hall–Kier alpha value is -1.52. The van der Waals surface area contributed by atoms with E-state index in [-0.39, 0.29) is 18.9 Å². The van der Waals surface area contributed by atoms with E-state index in [2.05, 4.69) is 5.32 Å². The molecular formula is C13H14ClNO3. The van der Waals surface area contributed by atoms with Crippen molar-refractivity contribution >= 4 is 28.5 Å². The van der Waals surface area contributed by atoms with Crippen molar-refractivity contribution in [2.45, 2.75) is 12.8 Å². The van der Waals surface area contributed by atoms with Gasteiger partial charge in [0.15, 0.2) is 0 Å². The van der Waals surface area contributed by atoms with Crippen LogP contribution < -0.4 is 5.32 Å². The maximum Gasteiger partial charge on any atom is 0.224 e. The zero-order valence-electron chi connectivity index (χ0n) is 9.78. The van der Waals surface area contributed by atoms with Crippen LogP contribution >= 0.6 is 11.6 Å². The number of aliphatic hydroxyl groups excluding tert-OH is 1. The van der Waals surface area contributed by atoms with E-state index in [1.807, 2.05) is 0 Å². The minimum absolute atomic E-state index is 0.0739. The number of carbonyl (C=O) groups is 1. The molecule has 1 heterocycles. The molecule has 2 rings (SSSR count). The predicted octanol–water partition coefficient (Wildman–Crippen LogP) is 2.13. The highest BCUT2D eigenvalue weighted by atomic mass is 35.5. The SMILES string of the molecule is O=C(Cc1coc2ccc(Cl)cc12)NCCCO. The van der Waals surface area contributed by atoms with E-state index < -0.39 is 0 Å². The van der Waals surface area contributed by atoms with Crippen LogP contribution in [0.2, 0.25) is 5.02 Å². The van der Waals surface area contributed by atoms with Crippen LogP contribution in [0, 0.1) is 0 Å². The van der Waals surface area contributed by atoms with E-state index in [0.717, 1.165) is 16.5 Å². The van der Waals surface area contributed by atoms with Gasteiger partial charge in [-0.15, -0.1) is 0 Å². The summed E-state index contributed by atoms with van der Waals surface area (Å²) in [4.78, 5) is 11.6. The molecule has 0 aliphatic rings. The van der Waals surface area contributed by atoms with E-state index in [4.69, 9.17) is 21.1 Å². The highest BCUT2D eigenvalue weighted by molar-refractivity contribution is 6.31. The summed E-state index contributed by atoms with van der Waals surface area (Å²) in [5.74, 6) is -0.0916. The molecule has 0 aliphatic heterocycles. The molecule has 0 radical (unpaired) electrons. The molecule has 1 amide bonds. The van der Waals surface area contributed by atoms with Gasteiger partial charge in [0.25, 0.3) is 0 Å². The molecule has 2 N–H and O–H groups in total. The van der Waals surface area contributed by atoms with Crippen molar-refractivity contribution in [2.24, 2.45) is 0 Å². The second-order valence-electron chi connectivity index (χ2n) is 4.01. The van der Waals surface area contributed by atoms with Gasteiger partial charge in [0.1, 0.15) is 5.58 Å². The topological polar surface area (TPSA) is 62.5 Å². The standard InChI is InChI=1S/C13H14ClNO3/c14-10-2-3-12-11(7-10)9(8-18-12)6-13(17)15-4-1-5-16/h2-3,7-8,16H,1,4-6H2,(H,15,17). The summed E-state index contributed by atoms with van der Waals surface area (Å²) in [7, 11) is 0. The molecule has 0 atom stereocenters. The molecule has 4 nitrogen and oxygen atoms in total. The Labute approximate surface area is 110 Å². The maximum absolute atomic E-state index is 11.6. The van der Waals surface area contributed by atoms with Gasteiger partial charge in [-0.3, -0.25) is 4.79 Å². The van der Waals surface area contributed by atoms with Crippen LogP contribution in [0.5, 0.6) is 0 Å². The fourth-order valence-electron chi connectivity index (χ4n) is 1.73. The van der Waals surface area contributed by atoms with Crippen LogP contribution in [0.25, 0.3) is 11.0 Å². The van der Waals surface area contributed by atoms with Crippen molar-refractivity contribution in [2.75, 3.05) is 13.2 Å². The Bertz CT molecular complexity index is 550. The molecule has 0 saturated heterocycles. The zero-order valence-corrected chi connectivity index (χ0v) is 10.5. The summed E-state index contributed by atoms with van der Waals surface area (Å²) < 4.78 is 5.35. The molecule has 0 fully saturated rings. The van der Waals surface area contributed by atoms with Crippen LogP contribution in [-0.4, -0.2) is 24.2 Å². The molecule has 0 unspecified atom stereocenters. The van der Waals surface area contributed by atoms with E-state index >= 15 is 0 Å². The largest absolute Gasteiger partial charge is 0.464 e. The Kier molecular flexibility index (Phi) is 4.23. The zero-order chi connectivity index (χ0) is 13.0. The van der Waals surface area contributed by atoms with Gasteiger partial charge in [-0.2, -0.15) is 0 Å². The Morgan fingerprint density at radius 2 is 2.28 bits per heavy atom. The van der Waals surface area contributed by atoms with E-state index in [9.17, 15) is 4.79 Å². The predicted molar refractivity (Wildman–Crippen MR) is 69.6 cm³/mol. The summed E-state index contributed by atoms with van der Waals surface area (Å²) in [5, 5.41) is 12.8. The van der Waals surface area contributed by atoms with Crippen molar-refractivity contribution in [3.05, 3.63) is 35.0 Å². The third kappa shape index (κ3) is 3.03. The van der Waals surface area contributed by atoms with Gasteiger partial charge in [-0.1, -0.05) is 11.6 Å². The average molecular weight is 268 g/mol. The lowest BCUT2D eigenvalue weighted by atomic mass is 10.1. The number of halogens is 1. The number of carbonyl (C=O) groups excluding carboxylic acids is 1. The van der Waals surface area contributed by atoms with Gasteiger partial charge in [0.05, 0.1) is 12.7 Å². The van der Waals surface area contributed by atoms with Crippen molar-refractivity contribution in [1.82, 2.24) is 5.32 Å². The Balaban J connectivity index is 2.07. The number of rotatable bonds is 5. The number of nitrogens with one attached hydrogen (secondary N) is 1. The molecule has 0 aliphatic carbocycles. The highest BCUT2D eigenvalue weighted by Gasteiger charge is 2.10. The van der Waals surface area contributed by atoms with Gasteiger partial charge in [-0.05, 0) is 24.6 Å². The summed E-state index contributed by atoms with van der Waals surface area (Å²) in [6.45, 7) is 0.552. The van der Waals surface area contributed by atoms with E-state index in [1.165, 1.54) is 0 Å². The van der Waals surface area contributed by atoms with Crippen LogP contribution in [0.15, 0.2) is 28.9 Å². The van der Waals surface area contributed by atoms with Gasteiger partial charge in [0.2, 0.25) is 5.91 Å². The van der Waals surface area contributed by atoms with Gasteiger partial charge in [-0.25, -0.2) is 0 Å². The molecule has 18 heavy (non-hydrogen) atoms. The van der Waals surface area contributed by atoms with Crippen molar-refractivity contribution < 1.29 is 14.3 Å². The normalized spacial score (nSPS) is 10.8. The molecule has 1 aromatic carbocycles. The molecule has 0 spiro atoms. The first kappa shape index (κ1) is 12.9. The Morgan fingerprint density at radius 1 is 1.44 bits per heavy atom. The lowest BCUT2D eigenvalue weighted by molar-refractivity contribution is -0.120. The number of hydrogen-bond donors (Lipinski definition) is 2. The van der Waals surface area contributed by atoms with E-state index in [0.29, 0.717) is 18.0 Å². The molecule has 5 heteroatoms. The second-order valence-corrected chi connectivity index (χ2v) is 4.44. The number of furan rings is 1. The van der Waals surface area contributed by atoms with E-state index in [1.54, 1.807) is 24.5 Å². The number of fused-ring (bicyclic) bond motifs is 1. The summed E-state index contributed by atoms with van der Waals surface area (Å²) >= 11 is 5.92. The Morgan fingerprint density at radius 3 is 3.06 bits per heavy atom. The highest BCUT2D eigenvalue weighted by Crippen LogP contribution is 2.24. The lowest BCUT2D eigenvalue weighted by Gasteiger charge is -2.02. The maximum atomic E-state index is 11.6. The molecule has 0 saturated carbocycles. The second kappa shape index (κ2) is 5.89. The molecule has 96 valence electrons. The fourth-order valence-corrected chi connectivity index (χ4v) is 1.91. The molecule has 0 bridgehead atoms. The van der Waals surface area contributed by atoms with Gasteiger partial charge < -0.3 is 14.8 Å². The van der Waals surface area contributed by atoms with Crippen molar-refractivity contribution in [1.29, 1.82) is 0 Å². The van der Waals surface area contributed by atoms with Crippen LogP contribution in [0.3, 0.4) is 0 Å². The average Bonchev–Trinajstić information content (AvgIpc) is 2.72. The number of aliphatic hydroxyl groups is 1. The molecule has 1 aromatic heterocycles. The molecular weight excluding hydrogens is 254 g/mol. The smallest absolute Gasteiger partial charge is 0.224 e. The van der Waals surface area contributed by atoms with Crippen LogP contribution in [-0.2, 0) is 11.2 Å². The minimum atomic E-state index is -0.0916. The summed E-state index contributed by atoms with van der Waals surface area (Å²) in [6, 6.07) is 5.32. The van der Waals surface area contributed by atoms with Crippen molar-refractivity contribution in [3.8, 4) is 0 Å². The van der Waals surface area contributed by atoms with Crippen LogP contribution in [0.4, 0.5) is 0 Å². The quantitative estimate of drug-likeness (QED) is 0.816. The first-order chi connectivity index (χ1) is 8.70. The number of benzene rings is 1. The fraction of sp³-hybridized carbons (Fsp3) is 0.308. The van der Waals surface area contributed by atoms with Gasteiger partial charge in [0, 0.05) is 29.1 Å². The first-order valence-electron chi connectivity index (χ1n) is 5.74. The number of amides is 1. The lowest BCUT2D eigenvalue weighted by Crippen LogP contribution is -2.26. The summed E-state index contributed by atoms with van der Waals surface area (Å²) in [5.41, 5.74) is 1.53. The van der Waals surface area contributed by atoms with Crippen molar-refractivity contribution in [3.63, 3.8) is 0 Å². The number of hydrogen-bond acceptors (Lipinski definition) is 3. The monoisotopic (exact) mass is 267 g/mol. The van der Waals surface area contributed by atoms with Crippen LogP contribution in [0.1, 0.15) is 12.0 Å². The first-order valence-corrected chi connectivity index (χ1v) is 6.11. The summed E-state index contributed by atoms with van der Waals surface area (Å²) in [6.07, 6.45) is 2.38. The minimum Gasteiger partial charge on any atom is -0.464 e. The third-order valence-corrected chi connectivity index (χ3v) is 2.86. The van der Waals surface area contributed by atoms with Gasteiger partial charge >= 0.3 is 0 Å². The third-order valence-electron chi connectivity index (χ3n) is 2.62.